The largest absolute Gasteiger partial charge is 0.351 e. The first-order valence-electron chi connectivity index (χ1n) is 6.01. The lowest BCUT2D eigenvalue weighted by molar-refractivity contribution is -0.124. The van der Waals surface area contributed by atoms with Crippen molar-refractivity contribution in [1.29, 1.82) is 0 Å². The van der Waals surface area contributed by atoms with Crippen LogP contribution in [0.3, 0.4) is 0 Å². The summed E-state index contributed by atoms with van der Waals surface area (Å²) in [5.41, 5.74) is 6.76. The zero-order chi connectivity index (χ0) is 13.8. The Hall–Kier alpha value is -1.00. The van der Waals surface area contributed by atoms with Gasteiger partial charge in [-0.1, -0.05) is 32.9 Å². The zero-order valence-electron chi connectivity index (χ0n) is 11.5. The van der Waals surface area contributed by atoms with Gasteiger partial charge in [0.05, 0.1) is 6.04 Å². The maximum absolute atomic E-state index is 11.8. The standard InChI is InChI=1S/C14H22N2OS/c1-14(2,3)12(15)13(17)16-9-10-5-7-11(18-4)8-6-10/h5-8,12H,9,15H2,1-4H3,(H,16,17)/t12-/m1/s1. The molecule has 1 aromatic carbocycles. The quantitative estimate of drug-likeness (QED) is 0.823. The molecule has 1 rings (SSSR count). The molecule has 0 heterocycles. The average Bonchev–Trinajstić information content (AvgIpc) is 2.34. The Balaban J connectivity index is 2.52. The lowest BCUT2D eigenvalue weighted by Gasteiger charge is -2.25. The highest BCUT2D eigenvalue weighted by molar-refractivity contribution is 7.98. The third kappa shape index (κ3) is 4.35. The van der Waals surface area contributed by atoms with E-state index in [-0.39, 0.29) is 11.3 Å². The minimum absolute atomic E-state index is 0.101. The molecule has 3 nitrogen and oxygen atoms in total. The number of rotatable bonds is 4. The van der Waals surface area contributed by atoms with Crippen LogP contribution in [0.1, 0.15) is 26.3 Å². The van der Waals surface area contributed by atoms with E-state index in [9.17, 15) is 4.79 Å². The number of carbonyl (C=O) groups excluding carboxylic acids is 1. The van der Waals surface area contributed by atoms with Gasteiger partial charge in [0.15, 0.2) is 0 Å². The van der Waals surface area contributed by atoms with Crippen LogP contribution in [0.4, 0.5) is 0 Å². The average molecular weight is 266 g/mol. The van der Waals surface area contributed by atoms with Crippen LogP contribution in [-0.2, 0) is 11.3 Å². The molecular formula is C14H22N2OS. The van der Waals surface area contributed by atoms with E-state index in [2.05, 4.69) is 17.4 Å². The van der Waals surface area contributed by atoms with E-state index in [1.54, 1.807) is 11.8 Å². The maximum Gasteiger partial charge on any atom is 0.237 e. The van der Waals surface area contributed by atoms with E-state index in [0.29, 0.717) is 6.54 Å². The predicted molar refractivity (Wildman–Crippen MR) is 77.5 cm³/mol. The molecule has 0 bridgehead atoms. The maximum atomic E-state index is 11.8. The number of hydrogen-bond donors (Lipinski definition) is 2. The number of nitrogens with two attached hydrogens (primary N) is 1. The van der Waals surface area contributed by atoms with Gasteiger partial charge in [-0.2, -0.15) is 0 Å². The Labute approximate surface area is 114 Å². The molecule has 0 unspecified atom stereocenters. The van der Waals surface area contributed by atoms with Gasteiger partial charge in [0.2, 0.25) is 5.91 Å². The second-order valence-electron chi connectivity index (χ2n) is 5.41. The molecule has 18 heavy (non-hydrogen) atoms. The molecule has 0 aliphatic rings. The van der Waals surface area contributed by atoms with Gasteiger partial charge in [-0.25, -0.2) is 0 Å². The van der Waals surface area contributed by atoms with Crippen LogP contribution in [-0.4, -0.2) is 18.2 Å². The normalized spacial score (nSPS) is 13.2. The van der Waals surface area contributed by atoms with Crippen LogP contribution in [0.5, 0.6) is 0 Å². The molecule has 0 radical (unpaired) electrons. The second-order valence-corrected chi connectivity index (χ2v) is 6.29. The molecular weight excluding hydrogens is 244 g/mol. The van der Waals surface area contributed by atoms with Crippen molar-refractivity contribution in [2.45, 2.75) is 38.3 Å². The monoisotopic (exact) mass is 266 g/mol. The Bertz CT molecular complexity index is 395. The van der Waals surface area contributed by atoms with E-state index in [1.165, 1.54) is 4.90 Å². The Kier molecular flexibility index (Phi) is 5.23. The fraction of sp³-hybridized carbons (Fsp3) is 0.500. The third-order valence-electron chi connectivity index (χ3n) is 2.84. The van der Waals surface area contributed by atoms with Gasteiger partial charge in [-0.15, -0.1) is 11.8 Å². The molecule has 1 atom stereocenters. The van der Waals surface area contributed by atoms with E-state index < -0.39 is 6.04 Å². The Morgan fingerprint density at radius 3 is 2.33 bits per heavy atom. The van der Waals surface area contributed by atoms with E-state index in [4.69, 9.17) is 5.73 Å². The summed E-state index contributed by atoms with van der Waals surface area (Å²) in [6.07, 6.45) is 2.04. The molecule has 0 saturated heterocycles. The van der Waals surface area contributed by atoms with Gasteiger partial charge in [-0.05, 0) is 29.4 Å². The summed E-state index contributed by atoms with van der Waals surface area (Å²) < 4.78 is 0. The lowest BCUT2D eigenvalue weighted by Crippen LogP contribution is -2.48. The highest BCUT2D eigenvalue weighted by Gasteiger charge is 2.26. The topological polar surface area (TPSA) is 55.1 Å². The van der Waals surface area contributed by atoms with Gasteiger partial charge in [0.25, 0.3) is 0 Å². The lowest BCUT2D eigenvalue weighted by atomic mass is 9.87. The molecule has 0 fully saturated rings. The van der Waals surface area contributed by atoms with Gasteiger partial charge in [0, 0.05) is 11.4 Å². The van der Waals surface area contributed by atoms with E-state index >= 15 is 0 Å². The molecule has 0 aliphatic heterocycles. The van der Waals surface area contributed by atoms with Crippen molar-refractivity contribution in [3.05, 3.63) is 29.8 Å². The first-order chi connectivity index (χ1) is 8.34. The van der Waals surface area contributed by atoms with Gasteiger partial charge in [-0.3, -0.25) is 4.79 Å². The molecule has 100 valence electrons. The van der Waals surface area contributed by atoms with Crippen LogP contribution >= 0.6 is 11.8 Å². The highest BCUT2D eigenvalue weighted by Crippen LogP contribution is 2.18. The van der Waals surface area contributed by atoms with E-state index in [0.717, 1.165) is 5.56 Å². The van der Waals surface area contributed by atoms with Crippen molar-refractivity contribution >= 4 is 17.7 Å². The van der Waals surface area contributed by atoms with Crippen LogP contribution in [0, 0.1) is 5.41 Å². The van der Waals surface area contributed by atoms with Gasteiger partial charge >= 0.3 is 0 Å². The Morgan fingerprint density at radius 2 is 1.89 bits per heavy atom. The zero-order valence-corrected chi connectivity index (χ0v) is 12.3. The van der Waals surface area contributed by atoms with Crippen molar-refractivity contribution in [3.8, 4) is 0 Å². The van der Waals surface area contributed by atoms with Crippen molar-refractivity contribution < 1.29 is 4.79 Å². The van der Waals surface area contributed by atoms with Gasteiger partial charge in [0.1, 0.15) is 0 Å². The number of amides is 1. The number of hydrogen-bond acceptors (Lipinski definition) is 3. The van der Waals surface area contributed by atoms with Crippen LogP contribution < -0.4 is 11.1 Å². The summed E-state index contributed by atoms with van der Waals surface area (Å²) in [6.45, 7) is 6.41. The predicted octanol–water partition coefficient (Wildman–Crippen LogP) is 2.40. The second kappa shape index (κ2) is 6.25. The molecule has 0 aromatic heterocycles. The molecule has 1 aromatic rings. The van der Waals surface area contributed by atoms with Crippen LogP contribution in [0.25, 0.3) is 0 Å². The fourth-order valence-corrected chi connectivity index (χ4v) is 1.84. The Morgan fingerprint density at radius 1 is 1.33 bits per heavy atom. The number of benzene rings is 1. The molecule has 4 heteroatoms. The smallest absolute Gasteiger partial charge is 0.237 e. The third-order valence-corrected chi connectivity index (χ3v) is 3.58. The summed E-state index contributed by atoms with van der Waals surface area (Å²) >= 11 is 1.70. The minimum Gasteiger partial charge on any atom is -0.351 e. The van der Waals surface area contributed by atoms with Crippen LogP contribution in [0.15, 0.2) is 29.2 Å². The SMILES string of the molecule is CSc1ccc(CNC(=O)[C@@H](N)C(C)(C)C)cc1. The first kappa shape index (κ1) is 15.1. The number of nitrogens with one attached hydrogen (secondary N) is 1. The summed E-state index contributed by atoms with van der Waals surface area (Å²) in [7, 11) is 0. The van der Waals surface area contributed by atoms with Crippen molar-refractivity contribution in [2.24, 2.45) is 11.1 Å². The summed E-state index contributed by atoms with van der Waals surface area (Å²) in [5.74, 6) is -0.101. The number of carbonyl (C=O) groups is 1. The number of thioether (sulfide) groups is 1. The summed E-state index contributed by atoms with van der Waals surface area (Å²) in [6, 6.07) is 7.66. The highest BCUT2D eigenvalue weighted by atomic mass is 32.2. The minimum atomic E-state index is -0.483. The molecule has 0 spiro atoms. The van der Waals surface area contributed by atoms with Crippen molar-refractivity contribution in [1.82, 2.24) is 5.32 Å². The molecule has 0 aliphatic carbocycles. The van der Waals surface area contributed by atoms with Crippen LogP contribution in [0.2, 0.25) is 0 Å². The first-order valence-corrected chi connectivity index (χ1v) is 7.23. The summed E-state index contributed by atoms with van der Waals surface area (Å²) in [5, 5.41) is 2.87. The molecule has 0 saturated carbocycles. The van der Waals surface area contributed by atoms with E-state index in [1.807, 2.05) is 39.2 Å². The van der Waals surface area contributed by atoms with Crippen molar-refractivity contribution in [2.75, 3.05) is 6.26 Å². The van der Waals surface area contributed by atoms with Crippen molar-refractivity contribution in [3.63, 3.8) is 0 Å². The molecule has 1 amide bonds. The summed E-state index contributed by atoms with van der Waals surface area (Å²) in [4.78, 5) is 13.1. The van der Waals surface area contributed by atoms with Gasteiger partial charge < -0.3 is 11.1 Å². The fourth-order valence-electron chi connectivity index (χ4n) is 1.44. The molecule has 3 N–H and O–H groups in total.